The summed E-state index contributed by atoms with van der Waals surface area (Å²) in [5.74, 6) is 0.877. The molecular formula is C34H48N4O5S. The number of carbonyl (C=O) groups excluding carboxylic acids is 1. The van der Waals surface area contributed by atoms with Crippen molar-refractivity contribution < 1.29 is 23.8 Å². The molecular weight excluding hydrogens is 576 g/mol. The van der Waals surface area contributed by atoms with Crippen molar-refractivity contribution in [3.05, 3.63) is 59.1 Å². The number of hydrogen-bond acceptors (Lipinski definition) is 10. The number of aromatic nitrogens is 1. The van der Waals surface area contributed by atoms with Crippen LogP contribution >= 0.6 is 11.3 Å². The third kappa shape index (κ3) is 9.87. The van der Waals surface area contributed by atoms with E-state index in [1.165, 1.54) is 4.70 Å². The second-order valence-electron chi connectivity index (χ2n) is 12.8. The Morgan fingerprint density at radius 3 is 2.50 bits per heavy atom. The predicted octanol–water partition coefficient (Wildman–Crippen LogP) is 6.53. The van der Waals surface area contributed by atoms with Gasteiger partial charge in [-0.3, -0.25) is 0 Å². The lowest BCUT2D eigenvalue weighted by Gasteiger charge is -2.33. The fourth-order valence-corrected chi connectivity index (χ4v) is 6.62. The van der Waals surface area contributed by atoms with E-state index in [0.717, 1.165) is 86.7 Å². The summed E-state index contributed by atoms with van der Waals surface area (Å²) in [6.07, 6.45) is 4.65. The molecule has 9 nitrogen and oxygen atoms in total. The highest BCUT2D eigenvalue weighted by Gasteiger charge is 2.27. The number of hydroxylamine groups is 2. The zero-order valence-corrected chi connectivity index (χ0v) is 27.5. The van der Waals surface area contributed by atoms with Crippen LogP contribution in [0.2, 0.25) is 0 Å². The molecule has 1 aromatic heterocycles. The first-order valence-electron chi connectivity index (χ1n) is 16.0. The van der Waals surface area contributed by atoms with E-state index in [2.05, 4.69) is 53.2 Å². The van der Waals surface area contributed by atoms with Gasteiger partial charge in [0, 0.05) is 39.3 Å². The van der Waals surface area contributed by atoms with Gasteiger partial charge in [0.05, 0.1) is 22.9 Å². The van der Waals surface area contributed by atoms with Crippen LogP contribution in [0.1, 0.15) is 69.6 Å². The number of rotatable bonds is 12. The maximum atomic E-state index is 11.9. The monoisotopic (exact) mass is 624 g/mol. The van der Waals surface area contributed by atoms with Gasteiger partial charge in [0.2, 0.25) is 0 Å². The van der Waals surface area contributed by atoms with Gasteiger partial charge in [-0.1, -0.05) is 24.3 Å². The van der Waals surface area contributed by atoms with Crippen LogP contribution in [-0.4, -0.2) is 97.2 Å². The standard InChI is InChI=1S/C34H48N4O5S/c1-34(2,3)42-33(39)43-38-22-20-37(21-23-38)17-8-5-9-24-40-28-12-10-11-26(25-28)31(41-27-15-18-36(4)19-16-27)32-35-29-13-6-7-14-30(29)44-32/h6-7,10-14,25,27,31H,5,8-9,15-24H2,1-4H3. The summed E-state index contributed by atoms with van der Waals surface area (Å²) in [6, 6.07) is 16.7. The molecule has 10 heteroatoms. The summed E-state index contributed by atoms with van der Waals surface area (Å²) in [4.78, 5) is 27.0. The van der Waals surface area contributed by atoms with E-state index in [0.29, 0.717) is 19.7 Å². The van der Waals surface area contributed by atoms with Gasteiger partial charge in [-0.25, -0.2) is 9.78 Å². The summed E-state index contributed by atoms with van der Waals surface area (Å²) >= 11 is 1.72. The van der Waals surface area contributed by atoms with Crippen LogP contribution in [0.15, 0.2) is 48.5 Å². The number of hydrogen-bond donors (Lipinski definition) is 0. The number of carbonyl (C=O) groups is 1. The number of piperidine rings is 1. The highest BCUT2D eigenvalue weighted by atomic mass is 32.1. The molecule has 0 bridgehead atoms. The highest BCUT2D eigenvalue weighted by molar-refractivity contribution is 7.18. The van der Waals surface area contributed by atoms with Gasteiger partial charge in [0.1, 0.15) is 22.5 Å². The lowest BCUT2D eigenvalue weighted by Crippen LogP contribution is -2.47. The average Bonchev–Trinajstić information content (AvgIpc) is 3.43. The van der Waals surface area contributed by atoms with Crippen LogP contribution in [0.25, 0.3) is 10.2 Å². The number of piperazine rings is 1. The van der Waals surface area contributed by atoms with Gasteiger partial charge in [0.25, 0.3) is 0 Å². The first kappa shape index (κ1) is 32.6. The van der Waals surface area contributed by atoms with Crippen LogP contribution in [0, 0.1) is 0 Å². The van der Waals surface area contributed by atoms with Crippen molar-refractivity contribution in [3.8, 4) is 5.75 Å². The minimum absolute atomic E-state index is 0.209. The largest absolute Gasteiger partial charge is 0.528 e. The van der Waals surface area contributed by atoms with Crippen LogP contribution in [0.5, 0.6) is 5.75 Å². The summed E-state index contributed by atoms with van der Waals surface area (Å²) in [5, 5.41) is 2.70. The highest BCUT2D eigenvalue weighted by Crippen LogP contribution is 2.36. The van der Waals surface area contributed by atoms with Crippen molar-refractivity contribution >= 4 is 27.7 Å². The minimum atomic E-state index is -0.631. The van der Waals surface area contributed by atoms with E-state index in [1.807, 2.05) is 32.9 Å². The first-order chi connectivity index (χ1) is 21.2. The van der Waals surface area contributed by atoms with Gasteiger partial charge in [-0.15, -0.1) is 16.4 Å². The Labute approximate surface area is 266 Å². The van der Waals surface area contributed by atoms with E-state index >= 15 is 0 Å². The van der Waals surface area contributed by atoms with E-state index in [1.54, 1.807) is 16.4 Å². The summed E-state index contributed by atoms with van der Waals surface area (Å²) in [7, 11) is 2.18. The molecule has 0 saturated carbocycles. The molecule has 2 aromatic carbocycles. The second kappa shape index (κ2) is 15.5. The van der Waals surface area contributed by atoms with Gasteiger partial charge in [-0.05, 0) is 96.3 Å². The van der Waals surface area contributed by atoms with Crippen molar-refractivity contribution in [2.75, 3.05) is 59.5 Å². The Bertz CT molecular complexity index is 1300. The van der Waals surface area contributed by atoms with E-state index in [9.17, 15) is 4.79 Å². The molecule has 0 aliphatic carbocycles. The molecule has 3 aromatic rings. The number of ether oxygens (including phenoxy) is 3. The van der Waals surface area contributed by atoms with Crippen LogP contribution in [-0.2, 0) is 14.3 Å². The Kier molecular flexibility index (Phi) is 11.5. The number of likely N-dealkylation sites (tertiary alicyclic amines) is 1. The zero-order chi connectivity index (χ0) is 30.9. The lowest BCUT2D eigenvalue weighted by molar-refractivity contribution is -0.158. The molecule has 2 aliphatic heterocycles. The molecule has 0 amide bonds. The van der Waals surface area contributed by atoms with Crippen molar-refractivity contribution in [3.63, 3.8) is 0 Å². The Morgan fingerprint density at radius 1 is 0.977 bits per heavy atom. The predicted molar refractivity (Wildman–Crippen MR) is 174 cm³/mol. The molecule has 2 aliphatic rings. The lowest BCUT2D eigenvalue weighted by atomic mass is 10.1. The third-order valence-corrected chi connectivity index (χ3v) is 9.08. The van der Waals surface area contributed by atoms with Crippen molar-refractivity contribution in [1.82, 2.24) is 19.8 Å². The molecule has 2 fully saturated rings. The SMILES string of the molecule is CN1CCC(OC(c2cccc(OCCCCCN3CCN(OC(=O)OC(C)(C)C)CC3)c2)c2nc3ccccc3s2)CC1. The molecule has 0 spiro atoms. The quantitative estimate of drug-likeness (QED) is 0.165. The number of nitrogens with zero attached hydrogens (tertiary/aromatic N) is 4. The molecule has 1 unspecified atom stereocenters. The first-order valence-corrected chi connectivity index (χ1v) is 16.8. The molecule has 44 heavy (non-hydrogen) atoms. The zero-order valence-electron chi connectivity index (χ0n) is 26.7. The number of benzene rings is 2. The van der Waals surface area contributed by atoms with E-state index in [-0.39, 0.29) is 12.2 Å². The van der Waals surface area contributed by atoms with Crippen molar-refractivity contribution in [2.45, 2.75) is 70.7 Å². The molecule has 3 heterocycles. The van der Waals surface area contributed by atoms with Gasteiger partial charge in [0.15, 0.2) is 0 Å². The normalized spacial score (nSPS) is 18.4. The van der Waals surface area contributed by atoms with Gasteiger partial charge >= 0.3 is 6.16 Å². The average molecular weight is 625 g/mol. The summed E-state index contributed by atoms with van der Waals surface area (Å²) in [5.41, 5.74) is 1.56. The Hall–Kier alpha value is -2.76. The number of para-hydroxylation sites is 1. The smallest absolute Gasteiger partial charge is 0.494 e. The van der Waals surface area contributed by atoms with Crippen molar-refractivity contribution in [2.24, 2.45) is 0 Å². The van der Waals surface area contributed by atoms with Gasteiger partial charge in [-0.2, -0.15) is 0 Å². The maximum Gasteiger partial charge on any atom is 0.528 e. The van der Waals surface area contributed by atoms with E-state index < -0.39 is 11.8 Å². The van der Waals surface area contributed by atoms with E-state index in [4.69, 9.17) is 24.0 Å². The fourth-order valence-electron chi connectivity index (χ4n) is 5.59. The molecule has 0 radical (unpaired) electrons. The van der Waals surface area contributed by atoms with Gasteiger partial charge < -0.3 is 28.8 Å². The summed E-state index contributed by atoms with van der Waals surface area (Å²) < 4.78 is 19.4. The van der Waals surface area contributed by atoms with Crippen molar-refractivity contribution in [1.29, 1.82) is 0 Å². The summed E-state index contributed by atoms with van der Waals surface area (Å²) in [6.45, 7) is 12.5. The van der Waals surface area contributed by atoms with Crippen LogP contribution in [0.3, 0.4) is 0 Å². The second-order valence-corrected chi connectivity index (χ2v) is 13.9. The number of unbranched alkanes of at least 4 members (excludes halogenated alkanes) is 2. The molecule has 1 atom stereocenters. The number of fused-ring (bicyclic) bond motifs is 1. The van der Waals surface area contributed by atoms with Crippen LogP contribution in [0.4, 0.5) is 4.79 Å². The maximum absolute atomic E-state index is 11.9. The minimum Gasteiger partial charge on any atom is -0.494 e. The molecule has 240 valence electrons. The van der Waals surface area contributed by atoms with Crippen LogP contribution < -0.4 is 4.74 Å². The topological polar surface area (TPSA) is 76.6 Å². The Morgan fingerprint density at radius 2 is 1.75 bits per heavy atom. The molecule has 0 N–H and O–H groups in total. The fraction of sp³-hybridized carbons (Fsp3) is 0.588. The molecule has 2 saturated heterocycles. The Balaban J connectivity index is 1.07. The molecule has 5 rings (SSSR count). The number of thiazole rings is 1. The third-order valence-electron chi connectivity index (χ3n) is 8.00.